The van der Waals surface area contributed by atoms with Crippen molar-refractivity contribution >= 4 is 50.1 Å². The van der Waals surface area contributed by atoms with E-state index in [9.17, 15) is 22.8 Å². The van der Waals surface area contributed by atoms with Crippen molar-refractivity contribution in [3.8, 4) is 0 Å². The molecule has 0 spiro atoms. The van der Waals surface area contributed by atoms with Crippen LogP contribution in [0.3, 0.4) is 0 Å². The van der Waals surface area contributed by atoms with Gasteiger partial charge in [-0.15, -0.1) is 0 Å². The molecule has 0 bridgehead atoms. The van der Waals surface area contributed by atoms with E-state index in [0.717, 1.165) is 42.2 Å². The highest BCUT2D eigenvalue weighted by Crippen LogP contribution is 2.29. The van der Waals surface area contributed by atoms with Crippen LogP contribution in [0.15, 0.2) is 41.3 Å². The molecule has 0 radical (unpaired) electrons. The molecule has 2 heterocycles. The van der Waals surface area contributed by atoms with Crippen LogP contribution in [0.5, 0.6) is 0 Å². The predicted molar refractivity (Wildman–Crippen MR) is 163 cm³/mol. The fourth-order valence-corrected chi connectivity index (χ4v) is 7.75. The molecule has 0 aromatic heterocycles. The van der Waals surface area contributed by atoms with Crippen molar-refractivity contribution in [1.82, 2.24) is 19.0 Å². The zero-order valence-corrected chi connectivity index (χ0v) is 26.2. The lowest BCUT2D eigenvalue weighted by Crippen LogP contribution is -2.54. The smallest absolute Gasteiger partial charge is 0.245 e. The normalized spacial score (nSPS) is 19.4. The van der Waals surface area contributed by atoms with Crippen molar-refractivity contribution in [1.29, 1.82) is 0 Å². The highest BCUT2D eigenvalue weighted by atomic mass is 35.5. The van der Waals surface area contributed by atoms with E-state index in [-0.39, 0.29) is 29.8 Å². The van der Waals surface area contributed by atoms with Gasteiger partial charge in [0.1, 0.15) is 12.1 Å². The average Bonchev–Trinajstić information content (AvgIpc) is 3.13. The van der Waals surface area contributed by atoms with Gasteiger partial charge in [0.15, 0.2) is 0 Å². The summed E-state index contributed by atoms with van der Waals surface area (Å²) in [4.78, 5) is 45.0. The Bertz CT molecular complexity index is 1410. The maximum Gasteiger partial charge on any atom is 0.245 e. The van der Waals surface area contributed by atoms with Gasteiger partial charge in [-0.2, -0.15) is 4.31 Å². The number of benzene rings is 2. The van der Waals surface area contributed by atoms with Gasteiger partial charge in [-0.3, -0.25) is 14.4 Å². The monoisotopic (exact) mass is 619 g/mol. The molecule has 12 heteroatoms. The van der Waals surface area contributed by atoms with Crippen molar-refractivity contribution in [3.63, 3.8) is 0 Å². The van der Waals surface area contributed by atoms with Gasteiger partial charge in [0.25, 0.3) is 0 Å². The average molecular weight is 620 g/mol. The summed E-state index contributed by atoms with van der Waals surface area (Å²) in [5.74, 6) is -1.56. The molecule has 2 aromatic rings. The van der Waals surface area contributed by atoms with Gasteiger partial charge < -0.3 is 20.4 Å². The van der Waals surface area contributed by atoms with E-state index >= 15 is 0 Å². The van der Waals surface area contributed by atoms with Crippen LogP contribution in [0, 0.1) is 0 Å². The lowest BCUT2D eigenvalue weighted by atomic mass is 10.1. The molecule has 0 unspecified atom stereocenters. The Morgan fingerprint density at radius 3 is 2.29 bits per heavy atom. The number of hydrogen-bond acceptors (Lipinski definition) is 6. The molecule has 2 fully saturated rings. The first-order valence-electron chi connectivity index (χ1n) is 14.7. The Labute approximate surface area is 253 Å². The number of likely N-dealkylation sites (tertiary alicyclic amines) is 2. The maximum atomic E-state index is 13.8. The quantitative estimate of drug-likeness (QED) is 0.412. The lowest BCUT2D eigenvalue weighted by molar-refractivity contribution is -0.145. The van der Waals surface area contributed by atoms with E-state index < -0.39 is 40.5 Å². The molecule has 3 amide bonds. The summed E-state index contributed by atoms with van der Waals surface area (Å²) in [5.41, 5.74) is 5.46. The molecule has 4 rings (SSSR count). The number of carbonyl (C=O) groups is 3. The van der Waals surface area contributed by atoms with Crippen molar-refractivity contribution < 1.29 is 22.8 Å². The van der Waals surface area contributed by atoms with Crippen LogP contribution in [0.25, 0.3) is 10.8 Å². The largest absolute Gasteiger partial charge is 0.369 e. The number of halogens is 1. The zero-order chi connectivity index (χ0) is 30.6. The molecule has 42 heavy (non-hydrogen) atoms. The number of rotatable bonds is 11. The Morgan fingerprint density at radius 1 is 1.00 bits per heavy atom. The Hall–Kier alpha value is -2.73. The number of fused-ring (bicyclic) bond motifs is 1. The van der Waals surface area contributed by atoms with E-state index in [1.54, 1.807) is 36.1 Å². The van der Waals surface area contributed by atoms with Gasteiger partial charge in [-0.25, -0.2) is 8.42 Å². The minimum absolute atomic E-state index is 0.0602. The second-order valence-corrected chi connectivity index (χ2v) is 13.9. The van der Waals surface area contributed by atoms with Crippen LogP contribution < -0.4 is 5.73 Å². The van der Waals surface area contributed by atoms with Gasteiger partial charge in [0.2, 0.25) is 27.7 Å². The van der Waals surface area contributed by atoms with Crippen molar-refractivity contribution in [2.24, 2.45) is 5.73 Å². The van der Waals surface area contributed by atoms with Gasteiger partial charge in [-0.1, -0.05) is 36.6 Å². The molecule has 0 aliphatic carbocycles. The van der Waals surface area contributed by atoms with E-state index in [1.807, 2.05) is 13.8 Å². The summed E-state index contributed by atoms with van der Waals surface area (Å²) >= 11 is 6.07. The molecular weight excluding hydrogens is 578 g/mol. The van der Waals surface area contributed by atoms with Crippen molar-refractivity contribution in [3.05, 3.63) is 41.4 Å². The summed E-state index contributed by atoms with van der Waals surface area (Å²) in [6.07, 6.45) is 4.93. The lowest BCUT2D eigenvalue weighted by Gasteiger charge is -2.35. The van der Waals surface area contributed by atoms with E-state index in [2.05, 4.69) is 4.90 Å². The number of carbonyl (C=O) groups excluding carboxylic acids is 3. The number of sulfonamides is 1. The van der Waals surface area contributed by atoms with Crippen LogP contribution in [-0.2, 0) is 24.4 Å². The minimum atomic E-state index is -4.29. The summed E-state index contributed by atoms with van der Waals surface area (Å²) < 4.78 is 28.5. The first-order valence-corrected chi connectivity index (χ1v) is 16.5. The van der Waals surface area contributed by atoms with Crippen molar-refractivity contribution in [2.75, 3.05) is 39.3 Å². The summed E-state index contributed by atoms with van der Waals surface area (Å²) in [7, 11) is -4.29. The molecule has 2 saturated heterocycles. The topological polar surface area (TPSA) is 124 Å². The summed E-state index contributed by atoms with van der Waals surface area (Å²) in [5, 5.41) is 1.92. The Balaban J connectivity index is 1.52. The molecule has 2 N–H and O–H groups in total. The van der Waals surface area contributed by atoms with Gasteiger partial charge >= 0.3 is 0 Å². The molecule has 2 aliphatic rings. The predicted octanol–water partition coefficient (Wildman–Crippen LogP) is 3.07. The Kier molecular flexibility index (Phi) is 10.5. The molecule has 230 valence electrons. The highest BCUT2D eigenvalue weighted by Gasteiger charge is 2.45. The van der Waals surface area contributed by atoms with Crippen LogP contribution in [0.4, 0.5) is 0 Å². The number of primary amides is 1. The fraction of sp³-hybridized carbons (Fsp3) is 0.567. The van der Waals surface area contributed by atoms with Crippen LogP contribution in [-0.4, -0.2) is 103 Å². The van der Waals surface area contributed by atoms with E-state index in [0.29, 0.717) is 17.0 Å². The molecule has 0 saturated carbocycles. The summed E-state index contributed by atoms with van der Waals surface area (Å²) in [6, 6.07) is 7.64. The minimum Gasteiger partial charge on any atom is -0.369 e. The third kappa shape index (κ3) is 7.24. The standard InChI is InChI=1S/C30H42ClN5O5S/c1-21(2)34(17-16-33-13-6-4-5-7-14-33)29(38)22(3)35-15-12-27(30(35)39)36(20-28(32)37)42(40,41)26-11-9-23-18-25(31)10-8-24(23)19-26/h8-11,18-19,21-22,27H,4-7,12-17,20H2,1-3H3,(H2,32,37)/t22-,27-/m0/s1. The molecular formula is C30H42ClN5O5S. The number of nitrogens with two attached hydrogens (primary N) is 1. The molecule has 2 aromatic carbocycles. The first kappa shape index (κ1) is 32.2. The first-order chi connectivity index (χ1) is 19.9. The van der Waals surface area contributed by atoms with E-state index in [4.69, 9.17) is 17.3 Å². The number of amides is 3. The molecule has 2 atom stereocenters. The maximum absolute atomic E-state index is 13.8. The van der Waals surface area contributed by atoms with Gasteiger partial charge in [0, 0.05) is 30.7 Å². The van der Waals surface area contributed by atoms with E-state index in [1.165, 1.54) is 29.9 Å². The van der Waals surface area contributed by atoms with Gasteiger partial charge in [-0.05, 0) is 88.2 Å². The third-order valence-corrected chi connectivity index (χ3v) is 10.4. The van der Waals surface area contributed by atoms with Crippen LogP contribution in [0.1, 0.15) is 52.9 Å². The fourth-order valence-electron chi connectivity index (χ4n) is 5.95. The highest BCUT2D eigenvalue weighted by molar-refractivity contribution is 7.89. The van der Waals surface area contributed by atoms with Crippen LogP contribution in [0.2, 0.25) is 5.02 Å². The second-order valence-electron chi connectivity index (χ2n) is 11.6. The summed E-state index contributed by atoms with van der Waals surface area (Å²) in [6.45, 7) is 8.52. The number of hydrogen-bond donors (Lipinski definition) is 1. The third-order valence-electron chi connectivity index (χ3n) is 8.34. The number of nitrogens with zero attached hydrogens (tertiary/aromatic N) is 4. The molecule has 2 aliphatic heterocycles. The van der Waals surface area contributed by atoms with Crippen LogP contribution >= 0.6 is 11.6 Å². The van der Waals surface area contributed by atoms with Crippen molar-refractivity contribution in [2.45, 2.75) is 75.9 Å². The Morgan fingerprint density at radius 2 is 1.64 bits per heavy atom. The molecule has 10 nitrogen and oxygen atoms in total. The zero-order valence-electron chi connectivity index (χ0n) is 24.7. The second kappa shape index (κ2) is 13.7. The SMILES string of the molecule is CC(C)N(CCN1CCCCCC1)C(=O)[C@H](C)N1CC[C@H](N(CC(N)=O)S(=O)(=O)c2ccc3cc(Cl)ccc3c2)C1=O. The van der Waals surface area contributed by atoms with Gasteiger partial charge in [0.05, 0.1) is 11.4 Å².